The van der Waals surface area contributed by atoms with Gasteiger partial charge >= 0.3 is 0 Å². The maximum Gasteiger partial charge on any atom is 0.0147 e. The average Bonchev–Trinajstić information content (AvgIpc) is 2.86. The molecule has 0 aromatic carbocycles. The molecule has 0 aromatic rings. The van der Waals surface area contributed by atoms with E-state index in [2.05, 4.69) is 90.3 Å². The summed E-state index contributed by atoms with van der Waals surface area (Å²) in [6.45, 7) is 12.8. The van der Waals surface area contributed by atoms with E-state index in [1.54, 1.807) is 0 Å². The van der Waals surface area contributed by atoms with E-state index in [1.807, 2.05) is 0 Å². The van der Waals surface area contributed by atoms with Crippen LogP contribution in [0.1, 0.15) is 79.6 Å². The van der Waals surface area contributed by atoms with Crippen LogP contribution in [0, 0.1) is 35.5 Å². The molecule has 6 heteroatoms. The lowest BCUT2D eigenvalue weighted by molar-refractivity contribution is 0.0635. The van der Waals surface area contributed by atoms with Crippen LogP contribution in [0.4, 0.5) is 0 Å². The molecule has 6 N–H and O–H groups in total. The van der Waals surface area contributed by atoms with E-state index in [-0.39, 0.29) is 0 Å². The molecule has 12 atom stereocenters. The second-order valence-corrected chi connectivity index (χ2v) is 13.1. The molecule has 0 spiro atoms. The first-order valence-corrected chi connectivity index (χ1v) is 15.2. The molecule has 0 bridgehead atoms. The molecule has 0 radical (unpaired) electrons. The second-order valence-electron chi connectivity index (χ2n) is 13.1. The van der Waals surface area contributed by atoms with Gasteiger partial charge in [0.1, 0.15) is 0 Å². The van der Waals surface area contributed by atoms with Gasteiger partial charge in [-0.2, -0.15) is 0 Å². The Kier molecular flexibility index (Phi) is 13.1. The van der Waals surface area contributed by atoms with Crippen molar-refractivity contribution in [3.05, 3.63) is 0 Å². The van der Waals surface area contributed by atoms with E-state index in [9.17, 15) is 0 Å². The molecule has 0 heterocycles. The third kappa shape index (κ3) is 7.89. The number of rotatable bonds is 9. The minimum absolute atomic E-state index is 0.445. The Balaban J connectivity index is 0.000000212. The number of nitrogens with zero attached hydrogens (tertiary/aromatic N) is 2. The maximum atomic E-state index is 5.97. The molecule has 36 heavy (non-hydrogen) atoms. The molecule has 12 unspecified atom stereocenters. The molecule has 0 aromatic heterocycles. The predicted octanol–water partition coefficient (Wildman–Crippen LogP) is 3.60. The number of nitrogens with two attached hydrogens (primary N) is 2. The summed E-state index contributed by atoms with van der Waals surface area (Å²) in [4.78, 5) is 4.79. The summed E-state index contributed by atoms with van der Waals surface area (Å²) in [5, 5.41) is 6.72. The molecule has 214 valence electrons. The Hall–Kier alpha value is -0.240. The molecule has 0 amide bonds. The van der Waals surface area contributed by atoms with Gasteiger partial charge in [0, 0.05) is 36.3 Å². The highest BCUT2D eigenvalue weighted by Crippen LogP contribution is 2.38. The molecular formula is C30H64N6. The topological polar surface area (TPSA) is 82.6 Å². The Labute approximate surface area is 225 Å². The fourth-order valence-electron chi connectivity index (χ4n) is 7.08. The summed E-state index contributed by atoms with van der Waals surface area (Å²) in [5.41, 5.74) is 11.7. The van der Waals surface area contributed by atoms with Crippen LogP contribution >= 0.6 is 0 Å². The van der Waals surface area contributed by atoms with E-state index in [0.29, 0.717) is 23.9 Å². The molecule has 4 fully saturated rings. The van der Waals surface area contributed by atoms with E-state index >= 15 is 0 Å². The van der Waals surface area contributed by atoms with Crippen molar-refractivity contribution >= 4 is 0 Å². The first-order chi connectivity index (χ1) is 17.0. The highest BCUT2D eigenvalue weighted by molar-refractivity contribution is 4.96. The van der Waals surface area contributed by atoms with E-state index in [1.165, 1.54) is 51.5 Å². The van der Waals surface area contributed by atoms with Gasteiger partial charge in [0.25, 0.3) is 0 Å². The Morgan fingerprint density at radius 3 is 1.50 bits per heavy atom. The van der Waals surface area contributed by atoms with Gasteiger partial charge in [-0.05, 0) is 116 Å². The molecule has 4 aliphatic rings. The lowest BCUT2D eigenvalue weighted by Gasteiger charge is -2.46. The van der Waals surface area contributed by atoms with E-state index in [4.69, 9.17) is 11.5 Å². The quantitative estimate of drug-likeness (QED) is 0.381. The van der Waals surface area contributed by atoms with Crippen LogP contribution < -0.4 is 22.1 Å². The summed E-state index contributed by atoms with van der Waals surface area (Å²) in [6, 6.07) is 3.97. The summed E-state index contributed by atoms with van der Waals surface area (Å²) < 4.78 is 0. The smallest absolute Gasteiger partial charge is 0.0147 e. The zero-order valence-electron chi connectivity index (χ0n) is 25.6. The minimum Gasteiger partial charge on any atom is -0.327 e. The van der Waals surface area contributed by atoms with Crippen LogP contribution in [0.5, 0.6) is 0 Å². The second kappa shape index (κ2) is 14.8. The van der Waals surface area contributed by atoms with Crippen molar-refractivity contribution in [3.63, 3.8) is 0 Å². The molecule has 4 saturated carbocycles. The van der Waals surface area contributed by atoms with E-state index < -0.39 is 0 Å². The van der Waals surface area contributed by atoms with Gasteiger partial charge in [0.2, 0.25) is 0 Å². The third-order valence-electron chi connectivity index (χ3n) is 11.0. The Morgan fingerprint density at radius 1 is 0.694 bits per heavy atom. The monoisotopic (exact) mass is 509 g/mol. The summed E-state index contributed by atoms with van der Waals surface area (Å²) in [7, 11) is 10.7. The summed E-state index contributed by atoms with van der Waals surface area (Å²) in [6.07, 6.45) is 9.25. The molecule has 0 aliphatic heterocycles. The van der Waals surface area contributed by atoms with Crippen molar-refractivity contribution in [2.24, 2.45) is 47.0 Å². The van der Waals surface area contributed by atoms with Crippen molar-refractivity contribution < 1.29 is 0 Å². The van der Waals surface area contributed by atoms with Crippen LogP contribution in [0.3, 0.4) is 0 Å². The van der Waals surface area contributed by atoms with Gasteiger partial charge in [0.05, 0.1) is 0 Å². The van der Waals surface area contributed by atoms with Crippen LogP contribution in [-0.4, -0.2) is 87.8 Å². The van der Waals surface area contributed by atoms with Crippen molar-refractivity contribution in [2.45, 2.75) is 116 Å². The standard InChI is InChI=1S/C15H31N3.C8H17N.C7H16N2/c1-10-12(8-14(10)17-3)6-5-7-18(4)15-9-13(16)11(15)2;1-4-7-5-8(9-3)6(7)2;1-5-6(8)4-7(5)9(2)3/h10-15,17H,5-9,16H2,1-4H3;6-9H,4-5H2,1-3H3;5-7H,4,8H2,1-3H3. The predicted molar refractivity (Wildman–Crippen MR) is 157 cm³/mol. The molecule has 0 saturated heterocycles. The number of nitrogens with one attached hydrogen (secondary N) is 2. The fourth-order valence-corrected chi connectivity index (χ4v) is 7.08. The zero-order chi connectivity index (χ0) is 27.2. The highest BCUT2D eigenvalue weighted by Gasteiger charge is 2.39. The number of hydrogen-bond acceptors (Lipinski definition) is 6. The van der Waals surface area contributed by atoms with Crippen molar-refractivity contribution in [1.29, 1.82) is 0 Å². The van der Waals surface area contributed by atoms with Gasteiger partial charge in [-0.1, -0.05) is 41.0 Å². The van der Waals surface area contributed by atoms with Gasteiger partial charge in [-0.25, -0.2) is 0 Å². The van der Waals surface area contributed by atoms with Gasteiger partial charge in [-0.15, -0.1) is 0 Å². The van der Waals surface area contributed by atoms with Crippen LogP contribution in [0.15, 0.2) is 0 Å². The Morgan fingerprint density at radius 2 is 1.17 bits per heavy atom. The van der Waals surface area contributed by atoms with Crippen LogP contribution in [-0.2, 0) is 0 Å². The Bertz CT molecular complexity index is 604. The first kappa shape index (κ1) is 32.0. The third-order valence-corrected chi connectivity index (χ3v) is 11.0. The molecule has 4 rings (SSSR count). The van der Waals surface area contributed by atoms with Gasteiger partial charge in [0.15, 0.2) is 0 Å². The fraction of sp³-hybridized carbons (Fsp3) is 1.00. The molecule has 6 nitrogen and oxygen atoms in total. The van der Waals surface area contributed by atoms with Crippen LogP contribution in [0.2, 0.25) is 0 Å². The molecule has 4 aliphatic carbocycles. The number of hydrogen-bond donors (Lipinski definition) is 4. The maximum absolute atomic E-state index is 5.97. The highest BCUT2D eigenvalue weighted by atomic mass is 15.2. The van der Waals surface area contributed by atoms with Gasteiger partial charge in [-0.3, -0.25) is 0 Å². The van der Waals surface area contributed by atoms with Crippen LogP contribution in [0.25, 0.3) is 0 Å². The largest absolute Gasteiger partial charge is 0.327 e. The van der Waals surface area contributed by atoms with Crippen molar-refractivity contribution in [2.75, 3.05) is 41.8 Å². The zero-order valence-corrected chi connectivity index (χ0v) is 25.6. The summed E-state index contributed by atoms with van der Waals surface area (Å²) in [5.74, 6) is 5.13. The first-order valence-electron chi connectivity index (χ1n) is 15.2. The normalized spacial score (nSPS) is 43.2. The lowest BCUT2D eigenvalue weighted by Crippen LogP contribution is -2.56. The SMILES string of the molecule is CC1C(N)CC1N(C)C.CCC1CC(NC)C1C.CNC1CC(CCCN(C)C2CC(N)C2C)C1C. The molecular weight excluding hydrogens is 444 g/mol. The lowest BCUT2D eigenvalue weighted by atomic mass is 9.68. The summed E-state index contributed by atoms with van der Waals surface area (Å²) >= 11 is 0. The minimum atomic E-state index is 0.445. The average molecular weight is 509 g/mol. The van der Waals surface area contributed by atoms with Crippen molar-refractivity contribution in [3.8, 4) is 0 Å². The van der Waals surface area contributed by atoms with Gasteiger partial charge < -0.3 is 31.9 Å². The van der Waals surface area contributed by atoms with E-state index in [0.717, 1.165) is 47.8 Å². The van der Waals surface area contributed by atoms with Crippen molar-refractivity contribution in [1.82, 2.24) is 20.4 Å².